The molecule has 1 rings (SSSR count). The zero-order valence-electron chi connectivity index (χ0n) is 13.8. The molecule has 0 heterocycles. The summed E-state index contributed by atoms with van der Waals surface area (Å²) in [6.45, 7) is 14.3. The summed E-state index contributed by atoms with van der Waals surface area (Å²) in [7, 11) is 0. The Hall–Kier alpha value is -0.530. The highest BCUT2D eigenvalue weighted by atomic mass is 16.1. The molecule has 1 atom stereocenters. The summed E-state index contributed by atoms with van der Waals surface area (Å²) in [6.07, 6.45) is 4.73. The molecular formula is C17H33NO. The summed E-state index contributed by atoms with van der Waals surface area (Å²) in [5.74, 6) is 2.33. The molecule has 19 heavy (non-hydrogen) atoms. The normalized spacial score (nSPS) is 23.1. The average Bonchev–Trinajstić information content (AvgIpc) is 2.27. The first kappa shape index (κ1) is 16.5. The molecule has 1 amide bonds. The van der Waals surface area contributed by atoms with Gasteiger partial charge in [-0.05, 0) is 36.0 Å². The van der Waals surface area contributed by atoms with Gasteiger partial charge in [-0.15, -0.1) is 0 Å². The molecule has 0 saturated heterocycles. The quantitative estimate of drug-likeness (QED) is 0.793. The molecule has 0 radical (unpaired) electrons. The van der Waals surface area contributed by atoms with Crippen molar-refractivity contribution in [3.8, 4) is 0 Å². The first-order valence-corrected chi connectivity index (χ1v) is 8.03. The minimum Gasteiger partial charge on any atom is -0.356 e. The van der Waals surface area contributed by atoms with Crippen molar-refractivity contribution in [2.45, 2.75) is 67.2 Å². The van der Waals surface area contributed by atoms with Crippen LogP contribution in [-0.2, 0) is 4.79 Å². The number of hydrogen-bond acceptors (Lipinski definition) is 1. The maximum Gasteiger partial charge on any atom is 0.223 e. The predicted octanol–water partition coefficient (Wildman–Crippen LogP) is 4.25. The van der Waals surface area contributed by atoms with E-state index < -0.39 is 0 Å². The molecule has 2 nitrogen and oxygen atoms in total. The maximum absolute atomic E-state index is 12.5. The molecule has 1 unspecified atom stereocenters. The highest BCUT2D eigenvalue weighted by Crippen LogP contribution is 2.40. The Morgan fingerprint density at radius 2 is 1.74 bits per heavy atom. The third-order valence-electron chi connectivity index (χ3n) is 5.05. The Bertz CT molecular complexity index is 286. The Balaban J connectivity index is 2.54. The Morgan fingerprint density at radius 1 is 1.16 bits per heavy atom. The summed E-state index contributed by atoms with van der Waals surface area (Å²) in [4.78, 5) is 12.5. The van der Waals surface area contributed by atoms with Gasteiger partial charge >= 0.3 is 0 Å². The number of rotatable bonds is 5. The SMILES string of the molecule is CC(C)C(CNC(=O)C1CCCCC1(C)C)C(C)C. The molecule has 0 aromatic carbocycles. The minimum atomic E-state index is 0.174. The third kappa shape index (κ3) is 4.50. The van der Waals surface area contributed by atoms with Crippen LogP contribution in [0.2, 0.25) is 0 Å². The standard InChI is InChI=1S/C17H33NO/c1-12(2)14(13(3)4)11-18-16(19)15-9-7-8-10-17(15,5)6/h12-15H,7-11H2,1-6H3,(H,18,19). The minimum absolute atomic E-state index is 0.174. The fourth-order valence-electron chi connectivity index (χ4n) is 3.56. The summed E-state index contributed by atoms with van der Waals surface area (Å²) < 4.78 is 0. The lowest BCUT2D eigenvalue weighted by Crippen LogP contribution is -2.43. The van der Waals surface area contributed by atoms with Gasteiger partial charge in [-0.25, -0.2) is 0 Å². The van der Waals surface area contributed by atoms with Crippen molar-refractivity contribution in [3.05, 3.63) is 0 Å². The van der Waals surface area contributed by atoms with Crippen LogP contribution in [0.25, 0.3) is 0 Å². The molecule has 2 heteroatoms. The zero-order valence-corrected chi connectivity index (χ0v) is 13.8. The molecule has 1 N–H and O–H groups in total. The molecule has 1 saturated carbocycles. The van der Waals surface area contributed by atoms with Crippen LogP contribution >= 0.6 is 0 Å². The highest BCUT2D eigenvalue weighted by molar-refractivity contribution is 5.79. The van der Waals surface area contributed by atoms with Crippen LogP contribution < -0.4 is 5.32 Å². The fraction of sp³-hybridized carbons (Fsp3) is 0.941. The largest absolute Gasteiger partial charge is 0.356 e. The molecular weight excluding hydrogens is 234 g/mol. The second-order valence-corrected chi connectivity index (χ2v) is 7.68. The van der Waals surface area contributed by atoms with E-state index in [0.29, 0.717) is 17.8 Å². The van der Waals surface area contributed by atoms with Crippen LogP contribution in [0.5, 0.6) is 0 Å². The second-order valence-electron chi connectivity index (χ2n) is 7.68. The number of hydrogen-bond donors (Lipinski definition) is 1. The summed E-state index contributed by atoms with van der Waals surface area (Å²) in [5.41, 5.74) is 0.174. The zero-order chi connectivity index (χ0) is 14.6. The molecule has 1 aliphatic rings. The van der Waals surface area contributed by atoms with Crippen molar-refractivity contribution in [1.82, 2.24) is 5.32 Å². The smallest absolute Gasteiger partial charge is 0.223 e. The van der Waals surface area contributed by atoms with E-state index in [1.807, 2.05) is 0 Å². The molecule has 0 bridgehead atoms. The summed E-state index contributed by atoms with van der Waals surface area (Å²) >= 11 is 0. The van der Waals surface area contributed by atoms with Gasteiger partial charge in [-0.3, -0.25) is 4.79 Å². The van der Waals surface area contributed by atoms with Crippen LogP contribution in [0.4, 0.5) is 0 Å². The van der Waals surface area contributed by atoms with Crippen LogP contribution in [0, 0.1) is 29.1 Å². The number of nitrogens with one attached hydrogen (secondary N) is 1. The lowest BCUT2D eigenvalue weighted by molar-refractivity contribution is -0.130. The van der Waals surface area contributed by atoms with Crippen molar-refractivity contribution in [3.63, 3.8) is 0 Å². The Morgan fingerprint density at radius 3 is 2.21 bits per heavy atom. The lowest BCUT2D eigenvalue weighted by atomic mass is 9.68. The fourth-order valence-corrected chi connectivity index (χ4v) is 3.56. The van der Waals surface area contributed by atoms with E-state index in [4.69, 9.17) is 0 Å². The van der Waals surface area contributed by atoms with Crippen LogP contribution in [-0.4, -0.2) is 12.5 Å². The molecule has 1 aliphatic carbocycles. The van der Waals surface area contributed by atoms with Crippen molar-refractivity contribution in [1.29, 1.82) is 0 Å². The number of carbonyl (C=O) groups excluding carboxylic acids is 1. The summed E-state index contributed by atoms with van der Waals surface area (Å²) in [5, 5.41) is 3.23. The van der Waals surface area contributed by atoms with Gasteiger partial charge in [0.1, 0.15) is 0 Å². The molecule has 112 valence electrons. The van der Waals surface area contributed by atoms with Gasteiger partial charge in [-0.2, -0.15) is 0 Å². The first-order chi connectivity index (χ1) is 8.75. The first-order valence-electron chi connectivity index (χ1n) is 8.03. The van der Waals surface area contributed by atoms with Gasteiger partial charge in [0.2, 0.25) is 5.91 Å². The van der Waals surface area contributed by atoms with Gasteiger partial charge in [0.15, 0.2) is 0 Å². The van der Waals surface area contributed by atoms with Crippen LogP contribution in [0.1, 0.15) is 67.2 Å². The summed E-state index contributed by atoms with van der Waals surface area (Å²) in [6, 6.07) is 0. The van der Waals surface area contributed by atoms with E-state index >= 15 is 0 Å². The molecule has 0 aliphatic heterocycles. The molecule has 0 aromatic rings. The van der Waals surface area contributed by atoms with Gasteiger partial charge in [0, 0.05) is 12.5 Å². The van der Waals surface area contributed by atoms with Gasteiger partial charge < -0.3 is 5.32 Å². The van der Waals surface area contributed by atoms with E-state index in [2.05, 4.69) is 46.9 Å². The predicted molar refractivity (Wildman–Crippen MR) is 81.9 cm³/mol. The van der Waals surface area contributed by atoms with Gasteiger partial charge in [0.25, 0.3) is 0 Å². The van der Waals surface area contributed by atoms with E-state index in [-0.39, 0.29) is 17.2 Å². The third-order valence-corrected chi connectivity index (χ3v) is 5.05. The van der Waals surface area contributed by atoms with Crippen molar-refractivity contribution >= 4 is 5.91 Å². The lowest BCUT2D eigenvalue weighted by Gasteiger charge is -2.38. The highest BCUT2D eigenvalue weighted by Gasteiger charge is 2.37. The average molecular weight is 267 g/mol. The van der Waals surface area contributed by atoms with E-state index in [1.165, 1.54) is 19.3 Å². The topological polar surface area (TPSA) is 29.1 Å². The van der Waals surface area contributed by atoms with E-state index in [0.717, 1.165) is 13.0 Å². The molecule has 0 aromatic heterocycles. The van der Waals surface area contributed by atoms with Crippen molar-refractivity contribution in [2.24, 2.45) is 29.1 Å². The van der Waals surface area contributed by atoms with E-state index in [1.54, 1.807) is 0 Å². The Labute approximate surface area is 119 Å². The molecule has 0 spiro atoms. The second kappa shape index (κ2) is 6.76. The maximum atomic E-state index is 12.5. The number of carbonyl (C=O) groups is 1. The van der Waals surface area contributed by atoms with Crippen molar-refractivity contribution < 1.29 is 4.79 Å². The number of amides is 1. The van der Waals surface area contributed by atoms with E-state index in [9.17, 15) is 4.79 Å². The van der Waals surface area contributed by atoms with Crippen LogP contribution in [0.15, 0.2) is 0 Å². The van der Waals surface area contributed by atoms with Gasteiger partial charge in [0.05, 0.1) is 0 Å². The van der Waals surface area contributed by atoms with Crippen molar-refractivity contribution in [2.75, 3.05) is 6.54 Å². The monoisotopic (exact) mass is 267 g/mol. The molecule has 1 fully saturated rings. The van der Waals surface area contributed by atoms with Crippen LogP contribution in [0.3, 0.4) is 0 Å². The van der Waals surface area contributed by atoms with Gasteiger partial charge in [-0.1, -0.05) is 54.4 Å². The Kier molecular flexibility index (Phi) is 5.88.